The summed E-state index contributed by atoms with van der Waals surface area (Å²) in [4.78, 5) is 17.7. The zero-order chi connectivity index (χ0) is 39.2. The fraction of sp³-hybridized carbons (Fsp3) is 0.400. The molecular weight excluding hydrogens is 725 g/mol. The van der Waals surface area contributed by atoms with E-state index in [4.69, 9.17) is 23.4 Å². The second kappa shape index (κ2) is 17.4. The number of carbonyl (C=O) groups excluding carboxylic acids is 1. The Morgan fingerprint density at radius 3 is 1.89 bits per heavy atom. The Morgan fingerprint density at radius 2 is 1.36 bits per heavy atom. The predicted molar refractivity (Wildman–Crippen MR) is 224 cm³/mol. The third kappa shape index (κ3) is 8.69. The second-order valence-corrected chi connectivity index (χ2v) is 21.8. The molecule has 8 nitrogen and oxygen atoms in total. The van der Waals surface area contributed by atoms with Gasteiger partial charge in [-0.2, -0.15) is 11.8 Å². The molecule has 0 bridgehead atoms. The van der Waals surface area contributed by atoms with Gasteiger partial charge in [0.15, 0.2) is 8.32 Å². The third-order valence-electron chi connectivity index (χ3n) is 11.1. The maximum absolute atomic E-state index is 13.7. The van der Waals surface area contributed by atoms with Crippen molar-refractivity contribution in [3.63, 3.8) is 0 Å². The lowest BCUT2D eigenvalue weighted by atomic mass is 9.80. The molecule has 2 aliphatic heterocycles. The van der Waals surface area contributed by atoms with Gasteiger partial charge in [0.2, 0.25) is 0 Å². The molecule has 10 heteroatoms. The summed E-state index contributed by atoms with van der Waals surface area (Å²) in [6.45, 7) is 14.8. The zero-order valence-corrected chi connectivity index (χ0v) is 35.3. The monoisotopic (exact) mass is 780 g/mol. The van der Waals surface area contributed by atoms with E-state index in [1.807, 2.05) is 95.5 Å². The zero-order valence-electron chi connectivity index (χ0n) is 33.4. The Kier molecular flexibility index (Phi) is 12.8. The highest BCUT2D eigenvalue weighted by molar-refractivity contribution is 8.00. The molecule has 1 amide bonds. The first kappa shape index (κ1) is 40.6. The van der Waals surface area contributed by atoms with Crippen LogP contribution in [-0.4, -0.2) is 87.5 Å². The molecule has 0 saturated carbocycles. The first-order valence-corrected chi connectivity index (χ1v) is 23.1. The molecule has 2 heterocycles. The van der Waals surface area contributed by atoms with Crippen LogP contribution in [0.15, 0.2) is 121 Å². The average molecular weight is 781 g/mol. The summed E-state index contributed by atoms with van der Waals surface area (Å²) in [6.07, 6.45) is 3.08. The molecule has 1 fully saturated rings. The predicted octanol–water partition coefficient (Wildman–Crippen LogP) is 9.18. The number of methoxy groups -OCH3 is 2. The van der Waals surface area contributed by atoms with Crippen LogP contribution < -0.4 is 9.47 Å². The van der Waals surface area contributed by atoms with Crippen LogP contribution in [0.5, 0.6) is 11.5 Å². The van der Waals surface area contributed by atoms with Gasteiger partial charge in [0.1, 0.15) is 29.4 Å². The van der Waals surface area contributed by atoms with Gasteiger partial charge in [-0.3, -0.25) is 4.79 Å². The first-order chi connectivity index (χ1) is 26.4. The molecule has 2 aliphatic rings. The van der Waals surface area contributed by atoms with Crippen LogP contribution in [0.1, 0.15) is 54.7 Å². The highest BCUT2D eigenvalue weighted by Crippen LogP contribution is 2.46. The molecule has 0 aromatic heterocycles. The van der Waals surface area contributed by atoms with Crippen molar-refractivity contribution in [2.75, 3.05) is 39.8 Å². The average Bonchev–Trinajstić information content (AvgIpc) is 3.54. The number of hydrogen-bond acceptors (Lipinski definition) is 8. The number of benzene rings is 4. The highest BCUT2D eigenvalue weighted by Gasteiger charge is 2.53. The van der Waals surface area contributed by atoms with Crippen molar-refractivity contribution in [2.24, 2.45) is 0 Å². The van der Waals surface area contributed by atoms with Gasteiger partial charge in [-0.1, -0.05) is 100 Å². The number of carbonyl (C=O) groups is 1. The van der Waals surface area contributed by atoms with Crippen LogP contribution in [-0.2, 0) is 19.5 Å². The maximum Gasteiger partial charge on any atom is 0.255 e. The Balaban J connectivity index is 1.41. The molecule has 0 radical (unpaired) electrons. The van der Waals surface area contributed by atoms with Gasteiger partial charge in [0.25, 0.3) is 5.91 Å². The number of nitrogens with zero attached hydrogens (tertiary/aromatic N) is 2. The van der Waals surface area contributed by atoms with Crippen LogP contribution in [0, 0.1) is 0 Å². The summed E-state index contributed by atoms with van der Waals surface area (Å²) < 4.78 is 33.2. The Morgan fingerprint density at radius 1 is 0.818 bits per heavy atom. The largest absolute Gasteiger partial charge is 0.497 e. The fourth-order valence-corrected chi connectivity index (χ4v) is 9.73. The molecule has 0 spiro atoms. The molecule has 292 valence electrons. The lowest BCUT2D eigenvalue weighted by molar-refractivity contribution is -0.107. The highest BCUT2D eigenvalue weighted by atomic mass is 32.2. The van der Waals surface area contributed by atoms with Gasteiger partial charge in [0, 0.05) is 18.3 Å². The molecule has 4 aromatic rings. The molecule has 0 unspecified atom stereocenters. The first-order valence-electron chi connectivity index (χ1n) is 19.1. The van der Waals surface area contributed by atoms with Crippen molar-refractivity contribution in [2.45, 2.75) is 75.1 Å². The Labute approximate surface area is 332 Å². The standard InChI is InChI=1S/C45H56N2O6SSi/c1-9-54-41-40(53-55(7,8)44(2,3)4)39(52-43(41)47-30-16-29-46(32-47)42(48)33-17-12-10-13-18-33)31-51-45(34-19-14-11-15-20-34,35-21-25-37(49-5)26-22-35)36-23-27-38(50-6)28-24-36/h10-28,30,39-41,43H,9,29,31-32H2,1-8H3/t39-,40-,41-,43-/m1/s1. The maximum atomic E-state index is 13.7. The summed E-state index contributed by atoms with van der Waals surface area (Å²) in [7, 11) is 1.05. The van der Waals surface area contributed by atoms with Crippen LogP contribution in [0.3, 0.4) is 0 Å². The topological polar surface area (TPSA) is 69.7 Å². The van der Waals surface area contributed by atoms with Gasteiger partial charge in [0.05, 0.1) is 38.8 Å². The summed E-state index contributed by atoms with van der Waals surface area (Å²) in [5, 5.41) is -0.0702. The Hall–Kier alpha value is -4.06. The second-order valence-electron chi connectivity index (χ2n) is 15.6. The fourth-order valence-electron chi connectivity index (χ4n) is 7.11. The lowest BCUT2D eigenvalue weighted by Crippen LogP contribution is -2.52. The van der Waals surface area contributed by atoms with Crippen molar-refractivity contribution >= 4 is 26.0 Å². The molecule has 4 atom stereocenters. The van der Waals surface area contributed by atoms with Crippen LogP contribution >= 0.6 is 11.8 Å². The van der Waals surface area contributed by atoms with E-state index in [1.54, 1.807) is 14.2 Å². The third-order valence-corrected chi connectivity index (χ3v) is 16.8. The molecule has 4 aromatic carbocycles. The van der Waals surface area contributed by atoms with E-state index in [-0.39, 0.29) is 35.1 Å². The summed E-state index contributed by atoms with van der Waals surface area (Å²) in [5.74, 6) is 2.40. The van der Waals surface area contributed by atoms with E-state index in [1.165, 1.54) is 0 Å². The van der Waals surface area contributed by atoms with Crippen LogP contribution in [0.4, 0.5) is 0 Å². The van der Waals surface area contributed by atoms with E-state index >= 15 is 0 Å². The van der Waals surface area contributed by atoms with Crippen molar-refractivity contribution in [1.82, 2.24) is 9.80 Å². The van der Waals surface area contributed by atoms with Gasteiger partial charge < -0.3 is 33.2 Å². The smallest absolute Gasteiger partial charge is 0.255 e. The van der Waals surface area contributed by atoms with Crippen molar-refractivity contribution < 1.29 is 28.2 Å². The van der Waals surface area contributed by atoms with Gasteiger partial charge in [-0.15, -0.1) is 0 Å². The van der Waals surface area contributed by atoms with E-state index in [9.17, 15) is 4.79 Å². The van der Waals surface area contributed by atoms with E-state index in [0.29, 0.717) is 18.8 Å². The molecular formula is C45H56N2O6SSi. The molecule has 55 heavy (non-hydrogen) atoms. The minimum absolute atomic E-state index is 0.00627. The number of thioether (sulfide) groups is 1. The molecule has 6 rings (SSSR count). The van der Waals surface area contributed by atoms with E-state index < -0.39 is 20.0 Å². The van der Waals surface area contributed by atoms with Crippen molar-refractivity contribution in [3.8, 4) is 11.5 Å². The summed E-state index contributed by atoms with van der Waals surface area (Å²) >= 11 is 1.85. The van der Waals surface area contributed by atoms with Crippen molar-refractivity contribution in [1.29, 1.82) is 0 Å². The lowest BCUT2D eigenvalue weighted by Gasteiger charge is -2.42. The van der Waals surface area contributed by atoms with Gasteiger partial charge in [-0.05, 0) is 83.0 Å². The van der Waals surface area contributed by atoms with Gasteiger partial charge in [-0.25, -0.2) is 0 Å². The normalized spacial score (nSPS) is 20.4. The number of amides is 1. The van der Waals surface area contributed by atoms with Gasteiger partial charge >= 0.3 is 0 Å². The van der Waals surface area contributed by atoms with Crippen LogP contribution in [0.25, 0.3) is 0 Å². The number of rotatable bonds is 14. The van der Waals surface area contributed by atoms with Crippen LogP contribution in [0.2, 0.25) is 18.1 Å². The Bertz CT molecular complexity index is 1820. The minimum Gasteiger partial charge on any atom is -0.497 e. The number of hydrogen-bond donors (Lipinski definition) is 0. The minimum atomic E-state index is -2.30. The quantitative estimate of drug-likeness (QED) is 0.0928. The van der Waals surface area contributed by atoms with Crippen molar-refractivity contribution in [3.05, 3.63) is 144 Å². The molecule has 0 N–H and O–H groups in total. The summed E-state index contributed by atoms with van der Waals surface area (Å²) in [6, 6.07) is 36.0. The van der Waals surface area contributed by atoms with E-state index in [0.717, 1.165) is 33.9 Å². The number of ether oxygens (including phenoxy) is 4. The summed E-state index contributed by atoms with van der Waals surface area (Å²) in [5.41, 5.74) is 2.55. The SMILES string of the molecule is CCS[C@@H]1[C@H](O[Si](C)(C)C(C)(C)C)[C@@H](COC(c2ccccc2)(c2ccc(OC)cc2)c2ccc(OC)cc2)O[C@H]1N1C=CCN(C(=O)c2ccccc2)C1. The van der Waals surface area contributed by atoms with E-state index in [2.05, 4.69) is 88.3 Å². The molecule has 0 aliphatic carbocycles. The molecule has 1 saturated heterocycles.